The first-order chi connectivity index (χ1) is 9.29. The van der Waals surface area contributed by atoms with Crippen LogP contribution >= 0.6 is 0 Å². The van der Waals surface area contributed by atoms with E-state index in [9.17, 15) is 13.2 Å². The topological polar surface area (TPSA) is 89.3 Å². The number of rotatable bonds is 6. The number of nitrogens with two attached hydrogens (primary N) is 1. The minimum absolute atomic E-state index is 0.164. The molecule has 20 heavy (non-hydrogen) atoms. The summed E-state index contributed by atoms with van der Waals surface area (Å²) in [5.41, 5.74) is 6.93. The zero-order valence-electron chi connectivity index (χ0n) is 12.1. The Bertz CT molecular complexity index is 582. The monoisotopic (exact) mass is 298 g/mol. The highest BCUT2D eigenvalue weighted by Crippen LogP contribution is 2.21. The van der Waals surface area contributed by atoms with E-state index >= 15 is 0 Å². The van der Waals surface area contributed by atoms with Crippen molar-refractivity contribution in [2.45, 2.75) is 31.6 Å². The second-order valence-corrected chi connectivity index (χ2v) is 6.98. The highest BCUT2D eigenvalue weighted by Gasteiger charge is 2.17. The molecule has 6 heteroatoms. The maximum absolute atomic E-state index is 12.1. The van der Waals surface area contributed by atoms with Crippen LogP contribution in [0.3, 0.4) is 0 Å². The molecule has 1 unspecified atom stereocenters. The Morgan fingerprint density at radius 1 is 1.40 bits per heavy atom. The van der Waals surface area contributed by atoms with Crippen LogP contribution in [0, 0.1) is 12.8 Å². The van der Waals surface area contributed by atoms with Crippen molar-refractivity contribution in [3.8, 4) is 0 Å². The third kappa shape index (κ3) is 4.31. The van der Waals surface area contributed by atoms with Gasteiger partial charge in [-0.3, -0.25) is 4.79 Å². The van der Waals surface area contributed by atoms with E-state index in [0.717, 1.165) is 18.2 Å². The standard InChI is InChI=1S/C14H22N2O3S/c1-4-5-11(9-15)14(17)16-13-8-12(20(3,18)19)7-6-10(13)2/h6-8,11H,4-5,9,15H2,1-3H3,(H,16,17). The van der Waals surface area contributed by atoms with Gasteiger partial charge in [0, 0.05) is 18.5 Å². The molecule has 0 heterocycles. The Morgan fingerprint density at radius 3 is 2.55 bits per heavy atom. The first-order valence-corrected chi connectivity index (χ1v) is 8.50. The van der Waals surface area contributed by atoms with Gasteiger partial charge in [-0.05, 0) is 31.0 Å². The maximum Gasteiger partial charge on any atom is 0.228 e. The number of nitrogens with one attached hydrogen (secondary N) is 1. The van der Waals surface area contributed by atoms with Gasteiger partial charge in [-0.1, -0.05) is 19.4 Å². The summed E-state index contributed by atoms with van der Waals surface area (Å²) in [4.78, 5) is 12.3. The molecule has 0 saturated carbocycles. The van der Waals surface area contributed by atoms with Gasteiger partial charge in [0.25, 0.3) is 0 Å². The van der Waals surface area contributed by atoms with Crippen molar-refractivity contribution in [3.63, 3.8) is 0 Å². The number of hydrogen-bond donors (Lipinski definition) is 2. The van der Waals surface area contributed by atoms with E-state index in [1.54, 1.807) is 6.07 Å². The summed E-state index contributed by atoms with van der Waals surface area (Å²) in [6, 6.07) is 4.71. The molecule has 0 aliphatic carbocycles. The molecule has 0 aliphatic heterocycles. The lowest BCUT2D eigenvalue weighted by molar-refractivity contribution is -0.119. The molecule has 1 aromatic rings. The third-order valence-corrected chi connectivity index (χ3v) is 4.30. The predicted octanol–water partition coefficient (Wildman–Crippen LogP) is 1.71. The van der Waals surface area contributed by atoms with Gasteiger partial charge < -0.3 is 11.1 Å². The third-order valence-electron chi connectivity index (χ3n) is 3.19. The van der Waals surface area contributed by atoms with Crippen LogP contribution in [0.2, 0.25) is 0 Å². The molecule has 0 bridgehead atoms. The van der Waals surface area contributed by atoms with Gasteiger partial charge in [-0.2, -0.15) is 0 Å². The Hall–Kier alpha value is -1.40. The van der Waals surface area contributed by atoms with Crippen molar-refractivity contribution in [1.29, 1.82) is 0 Å². The molecule has 0 spiro atoms. The van der Waals surface area contributed by atoms with Crippen molar-refractivity contribution in [1.82, 2.24) is 0 Å². The largest absolute Gasteiger partial charge is 0.330 e. The molecular formula is C14H22N2O3S. The van der Waals surface area contributed by atoms with Crippen molar-refractivity contribution < 1.29 is 13.2 Å². The molecule has 3 N–H and O–H groups in total. The highest BCUT2D eigenvalue weighted by molar-refractivity contribution is 7.90. The van der Waals surface area contributed by atoms with E-state index in [2.05, 4.69) is 5.32 Å². The SMILES string of the molecule is CCCC(CN)C(=O)Nc1cc(S(C)(=O)=O)ccc1C. The van der Waals surface area contributed by atoms with Gasteiger partial charge in [-0.15, -0.1) is 0 Å². The summed E-state index contributed by atoms with van der Waals surface area (Å²) in [6.45, 7) is 4.09. The summed E-state index contributed by atoms with van der Waals surface area (Å²) >= 11 is 0. The number of benzene rings is 1. The van der Waals surface area contributed by atoms with Gasteiger partial charge in [0.2, 0.25) is 5.91 Å². The van der Waals surface area contributed by atoms with E-state index in [0.29, 0.717) is 12.1 Å². The lowest BCUT2D eigenvalue weighted by atomic mass is 10.0. The van der Waals surface area contributed by atoms with Gasteiger partial charge in [0.1, 0.15) is 0 Å². The fourth-order valence-electron chi connectivity index (χ4n) is 1.91. The lowest BCUT2D eigenvalue weighted by Gasteiger charge is -2.15. The van der Waals surface area contributed by atoms with Gasteiger partial charge >= 0.3 is 0 Å². The van der Waals surface area contributed by atoms with Crippen LogP contribution in [-0.4, -0.2) is 27.1 Å². The number of anilines is 1. The molecule has 0 fully saturated rings. The van der Waals surface area contributed by atoms with E-state index in [-0.39, 0.29) is 23.3 Å². The van der Waals surface area contributed by atoms with Crippen LogP contribution in [0.5, 0.6) is 0 Å². The van der Waals surface area contributed by atoms with Crippen LogP contribution in [0.15, 0.2) is 23.1 Å². The molecule has 1 atom stereocenters. The molecule has 1 amide bonds. The average molecular weight is 298 g/mol. The molecule has 112 valence electrons. The van der Waals surface area contributed by atoms with Crippen molar-refractivity contribution >= 4 is 21.4 Å². The van der Waals surface area contributed by atoms with Crippen LogP contribution in [0.4, 0.5) is 5.69 Å². The Balaban J connectivity index is 3.00. The summed E-state index contributed by atoms with van der Waals surface area (Å²) < 4.78 is 23.1. The summed E-state index contributed by atoms with van der Waals surface area (Å²) in [5.74, 6) is -0.413. The highest BCUT2D eigenvalue weighted by atomic mass is 32.2. The number of aryl methyl sites for hydroxylation is 1. The van der Waals surface area contributed by atoms with E-state index in [1.807, 2.05) is 13.8 Å². The zero-order chi connectivity index (χ0) is 15.3. The summed E-state index contributed by atoms with van der Waals surface area (Å²) in [5, 5.41) is 2.78. The Morgan fingerprint density at radius 2 is 2.05 bits per heavy atom. The minimum atomic E-state index is -3.29. The first kappa shape index (κ1) is 16.7. The average Bonchev–Trinajstić information content (AvgIpc) is 2.37. The maximum atomic E-state index is 12.1. The molecule has 5 nitrogen and oxygen atoms in total. The molecule has 1 rings (SSSR count). The molecule has 0 aromatic heterocycles. The zero-order valence-corrected chi connectivity index (χ0v) is 13.0. The Kier molecular flexibility index (Phi) is 5.71. The second-order valence-electron chi connectivity index (χ2n) is 4.96. The second kappa shape index (κ2) is 6.85. The molecule has 1 aromatic carbocycles. The summed E-state index contributed by atoms with van der Waals surface area (Å²) in [6.07, 6.45) is 2.73. The Labute approximate surface area is 120 Å². The molecule has 0 radical (unpaired) electrons. The minimum Gasteiger partial charge on any atom is -0.330 e. The first-order valence-electron chi connectivity index (χ1n) is 6.61. The fourth-order valence-corrected chi connectivity index (χ4v) is 2.55. The normalized spacial score (nSPS) is 13.0. The molecule has 0 saturated heterocycles. The number of carbonyl (C=O) groups excluding carboxylic acids is 1. The molecular weight excluding hydrogens is 276 g/mol. The van der Waals surface area contributed by atoms with Gasteiger partial charge in [0.15, 0.2) is 9.84 Å². The summed E-state index contributed by atoms with van der Waals surface area (Å²) in [7, 11) is -3.29. The number of hydrogen-bond acceptors (Lipinski definition) is 4. The number of sulfone groups is 1. The fraction of sp³-hybridized carbons (Fsp3) is 0.500. The molecule has 0 aliphatic rings. The van der Waals surface area contributed by atoms with E-state index in [1.165, 1.54) is 12.1 Å². The van der Waals surface area contributed by atoms with E-state index in [4.69, 9.17) is 5.73 Å². The van der Waals surface area contributed by atoms with Crippen molar-refractivity contribution in [3.05, 3.63) is 23.8 Å². The number of amides is 1. The van der Waals surface area contributed by atoms with Crippen LogP contribution < -0.4 is 11.1 Å². The van der Waals surface area contributed by atoms with E-state index < -0.39 is 9.84 Å². The van der Waals surface area contributed by atoms with Gasteiger partial charge in [-0.25, -0.2) is 8.42 Å². The van der Waals surface area contributed by atoms with Crippen molar-refractivity contribution in [2.75, 3.05) is 18.1 Å². The smallest absolute Gasteiger partial charge is 0.228 e. The lowest BCUT2D eigenvalue weighted by Crippen LogP contribution is -2.29. The van der Waals surface area contributed by atoms with Crippen LogP contribution in [0.1, 0.15) is 25.3 Å². The van der Waals surface area contributed by atoms with Gasteiger partial charge in [0.05, 0.1) is 10.8 Å². The number of carbonyl (C=O) groups is 1. The van der Waals surface area contributed by atoms with Crippen LogP contribution in [0.25, 0.3) is 0 Å². The van der Waals surface area contributed by atoms with Crippen molar-refractivity contribution in [2.24, 2.45) is 11.7 Å². The van der Waals surface area contributed by atoms with Crippen LogP contribution in [-0.2, 0) is 14.6 Å². The predicted molar refractivity (Wildman–Crippen MR) is 80.4 cm³/mol. The quantitative estimate of drug-likeness (QED) is 0.836.